The zero-order chi connectivity index (χ0) is 35.2. The number of hydrogen-bond donors (Lipinski definition) is 4. The van der Waals surface area contributed by atoms with Gasteiger partial charge in [0.25, 0.3) is 0 Å². The lowest BCUT2D eigenvalue weighted by atomic mass is 10.0. The van der Waals surface area contributed by atoms with Crippen LogP contribution >= 0.6 is 23.2 Å². The van der Waals surface area contributed by atoms with Gasteiger partial charge >= 0.3 is 0 Å². The van der Waals surface area contributed by atoms with Crippen LogP contribution in [0.5, 0.6) is 5.88 Å². The molecule has 4 aromatic rings. The van der Waals surface area contributed by atoms with Crippen LogP contribution in [0.1, 0.15) is 43.7 Å². The summed E-state index contributed by atoms with van der Waals surface area (Å²) in [6.45, 7) is 4.45. The highest BCUT2D eigenvalue weighted by Crippen LogP contribution is 2.41. The third kappa shape index (κ3) is 8.15. The molecule has 0 unspecified atom stereocenters. The summed E-state index contributed by atoms with van der Waals surface area (Å²) in [7, 11) is 1.57. The number of hydrogen-bond acceptors (Lipinski definition) is 9. The summed E-state index contributed by atoms with van der Waals surface area (Å²) in [4.78, 5) is 38.4. The van der Waals surface area contributed by atoms with Gasteiger partial charge in [-0.05, 0) is 37.5 Å². The summed E-state index contributed by atoms with van der Waals surface area (Å²) < 4.78 is 21.3. The number of aromatic nitrogens is 3. The third-order valence-corrected chi connectivity index (χ3v) is 9.88. The van der Waals surface area contributed by atoms with E-state index in [1.54, 1.807) is 38.6 Å². The molecule has 0 bridgehead atoms. The van der Waals surface area contributed by atoms with Gasteiger partial charge in [-0.3, -0.25) is 14.6 Å². The molecule has 1 atom stereocenters. The Bertz CT molecular complexity index is 1870. The maximum Gasteiger partial charge on any atom is 0.220 e. The number of nitrogens with one attached hydrogen (secondary N) is 4. The average Bonchev–Trinajstić information content (AvgIpc) is 3.54. The molecule has 11 nitrogen and oxygen atoms in total. The molecule has 14 heteroatoms. The van der Waals surface area contributed by atoms with E-state index in [9.17, 15) is 9.59 Å². The van der Waals surface area contributed by atoms with Crippen LogP contribution < -0.4 is 26.0 Å². The van der Waals surface area contributed by atoms with Crippen molar-refractivity contribution in [1.29, 1.82) is 0 Å². The summed E-state index contributed by atoms with van der Waals surface area (Å²) in [5.41, 5.74) is 3.99. The molecule has 0 aliphatic carbocycles. The van der Waals surface area contributed by atoms with Gasteiger partial charge in [-0.15, -0.1) is 0 Å². The van der Waals surface area contributed by atoms with Gasteiger partial charge in [0.05, 0.1) is 34.2 Å². The third-order valence-electron chi connectivity index (χ3n) is 9.09. The van der Waals surface area contributed by atoms with Gasteiger partial charge in [-0.2, -0.15) is 0 Å². The summed E-state index contributed by atoms with van der Waals surface area (Å²) in [5.74, 6) is 0.167. The van der Waals surface area contributed by atoms with Crippen LogP contribution in [0.3, 0.4) is 0 Å². The molecule has 2 amide bonds. The van der Waals surface area contributed by atoms with Crippen molar-refractivity contribution in [2.45, 2.75) is 57.8 Å². The van der Waals surface area contributed by atoms with E-state index in [-0.39, 0.29) is 34.7 Å². The standard InChI is InChI=1S/C36H39Cl2FN8O3/c1-21(48)47-16-12-24(13-17-47)43-19-22-10-14-42-35(33(22)39)45-29-11-15-41-34(32(29)38)27-5-3-4-26(31(27)37)28-8-6-23(36(46-28)50-2)18-40-20-25-7-9-30(49)44-25/h3-6,8,10-11,14-15,24-25,40,43H,7,9,12-13,16-20H2,1-2H3,(H,44,49)(H,41,42,45)/t25-/m1/s1. The SMILES string of the molecule is COc1nc(-c2cccc(-c3nccc(Nc4nccc(CNC5CCN(C(C)=O)CC5)c4F)c3Cl)c2Cl)ccc1CNC[C@H]1CCC(=O)N1. The fraction of sp³-hybridized carbons (Fsp3) is 0.361. The molecular formula is C36H39Cl2FN8O3. The Kier molecular flexibility index (Phi) is 11.4. The zero-order valence-electron chi connectivity index (χ0n) is 27.9. The Morgan fingerprint density at radius 3 is 2.52 bits per heavy atom. The molecule has 2 aliphatic rings. The number of benzene rings is 1. The highest BCUT2D eigenvalue weighted by atomic mass is 35.5. The Balaban J connectivity index is 1.16. The van der Waals surface area contributed by atoms with Crippen LogP contribution in [0.2, 0.25) is 10.0 Å². The van der Waals surface area contributed by atoms with E-state index in [0.717, 1.165) is 24.8 Å². The predicted molar refractivity (Wildman–Crippen MR) is 192 cm³/mol. The molecule has 5 heterocycles. The van der Waals surface area contributed by atoms with Crippen LogP contribution in [0.15, 0.2) is 54.9 Å². The van der Waals surface area contributed by atoms with Crippen molar-refractivity contribution in [2.24, 2.45) is 0 Å². The number of likely N-dealkylation sites (tertiary alicyclic amines) is 1. The van der Waals surface area contributed by atoms with Crippen molar-refractivity contribution >= 4 is 46.5 Å². The first kappa shape index (κ1) is 35.5. The summed E-state index contributed by atoms with van der Waals surface area (Å²) in [5, 5.41) is 13.4. The Morgan fingerprint density at radius 2 is 1.78 bits per heavy atom. The highest BCUT2D eigenvalue weighted by Gasteiger charge is 2.23. The first-order valence-electron chi connectivity index (χ1n) is 16.6. The van der Waals surface area contributed by atoms with E-state index in [1.165, 1.54) is 0 Å². The number of amides is 2. The summed E-state index contributed by atoms with van der Waals surface area (Å²) >= 11 is 13.9. The van der Waals surface area contributed by atoms with E-state index >= 15 is 4.39 Å². The van der Waals surface area contributed by atoms with E-state index in [4.69, 9.17) is 32.9 Å². The molecule has 0 spiro atoms. The normalized spacial score (nSPS) is 16.4. The Morgan fingerprint density at radius 1 is 1.00 bits per heavy atom. The monoisotopic (exact) mass is 720 g/mol. The fourth-order valence-electron chi connectivity index (χ4n) is 6.27. The molecule has 1 aromatic carbocycles. The van der Waals surface area contributed by atoms with Crippen molar-refractivity contribution in [3.63, 3.8) is 0 Å². The molecule has 262 valence electrons. The van der Waals surface area contributed by atoms with Gasteiger partial charge in [0, 0.05) is 92.8 Å². The van der Waals surface area contributed by atoms with Crippen molar-refractivity contribution in [1.82, 2.24) is 35.8 Å². The minimum absolute atomic E-state index is 0.0356. The molecule has 2 aliphatic heterocycles. The lowest BCUT2D eigenvalue weighted by molar-refractivity contribution is -0.130. The molecule has 50 heavy (non-hydrogen) atoms. The van der Waals surface area contributed by atoms with Crippen molar-refractivity contribution in [2.75, 3.05) is 32.1 Å². The number of methoxy groups -OCH3 is 1. The van der Waals surface area contributed by atoms with Crippen LogP contribution in [0.4, 0.5) is 15.9 Å². The fourth-order valence-corrected chi connectivity index (χ4v) is 6.84. The number of nitrogens with zero attached hydrogens (tertiary/aromatic N) is 4. The number of ether oxygens (including phenoxy) is 1. The van der Waals surface area contributed by atoms with Crippen LogP contribution in [-0.2, 0) is 22.7 Å². The van der Waals surface area contributed by atoms with Gasteiger partial charge in [-0.25, -0.2) is 14.4 Å². The van der Waals surface area contributed by atoms with Crippen molar-refractivity contribution < 1.29 is 18.7 Å². The summed E-state index contributed by atoms with van der Waals surface area (Å²) in [6, 6.07) is 12.9. The minimum Gasteiger partial charge on any atom is -0.481 e. The first-order chi connectivity index (χ1) is 24.2. The van der Waals surface area contributed by atoms with Gasteiger partial charge in [0.15, 0.2) is 11.6 Å². The maximum atomic E-state index is 15.6. The molecule has 4 N–H and O–H groups in total. The van der Waals surface area contributed by atoms with E-state index in [1.807, 2.05) is 35.2 Å². The zero-order valence-corrected chi connectivity index (χ0v) is 29.4. The summed E-state index contributed by atoms with van der Waals surface area (Å²) in [6.07, 6.45) is 6.12. The van der Waals surface area contributed by atoms with Gasteiger partial charge in [-0.1, -0.05) is 47.5 Å². The molecule has 0 saturated carbocycles. The maximum absolute atomic E-state index is 15.6. The number of piperidine rings is 1. The average molecular weight is 722 g/mol. The number of rotatable bonds is 12. The lowest BCUT2D eigenvalue weighted by Gasteiger charge is -2.31. The molecular weight excluding hydrogens is 682 g/mol. The highest BCUT2D eigenvalue weighted by molar-refractivity contribution is 6.39. The second-order valence-corrected chi connectivity index (χ2v) is 13.2. The Hall–Kier alpha value is -4.36. The minimum atomic E-state index is -0.486. The lowest BCUT2D eigenvalue weighted by Crippen LogP contribution is -2.44. The molecule has 2 saturated heterocycles. The molecule has 6 rings (SSSR count). The van der Waals surface area contributed by atoms with Crippen molar-refractivity contribution in [3.05, 3.63) is 81.8 Å². The number of pyridine rings is 3. The van der Waals surface area contributed by atoms with Crippen LogP contribution in [0, 0.1) is 5.82 Å². The predicted octanol–water partition coefficient (Wildman–Crippen LogP) is 5.87. The van der Waals surface area contributed by atoms with Gasteiger partial charge in [0.1, 0.15) is 0 Å². The second-order valence-electron chi connectivity index (χ2n) is 12.4. The Labute approximate surface area is 300 Å². The number of carbonyl (C=O) groups is 2. The van der Waals surface area contributed by atoms with Gasteiger partial charge in [0.2, 0.25) is 17.7 Å². The van der Waals surface area contributed by atoms with Crippen molar-refractivity contribution in [3.8, 4) is 28.4 Å². The largest absolute Gasteiger partial charge is 0.481 e. The number of carbonyl (C=O) groups excluding carboxylic acids is 2. The molecule has 2 fully saturated rings. The second kappa shape index (κ2) is 16.1. The number of anilines is 2. The molecule has 0 radical (unpaired) electrons. The van der Waals surface area contributed by atoms with Crippen LogP contribution in [-0.4, -0.2) is 70.5 Å². The van der Waals surface area contributed by atoms with Crippen LogP contribution in [0.25, 0.3) is 22.5 Å². The molecule has 3 aromatic heterocycles. The van der Waals surface area contributed by atoms with Gasteiger partial charge < -0.3 is 30.9 Å². The smallest absolute Gasteiger partial charge is 0.220 e. The quantitative estimate of drug-likeness (QED) is 0.142. The first-order valence-corrected chi connectivity index (χ1v) is 17.3. The topological polar surface area (TPSA) is 133 Å². The van der Waals surface area contributed by atoms with E-state index in [0.29, 0.717) is 83.8 Å². The number of halogens is 3. The van der Waals surface area contributed by atoms with E-state index in [2.05, 4.69) is 31.2 Å². The van der Waals surface area contributed by atoms with E-state index < -0.39 is 5.82 Å².